The maximum absolute atomic E-state index is 4.18. The van der Waals surface area contributed by atoms with Crippen LogP contribution in [-0.2, 0) is 6.54 Å². The molecule has 0 amide bonds. The summed E-state index contributed by atoms with van der Waals surface area (Å²) in [6.07, 6.45) is 5.41. The van der Waals surface area contributed by atoms with Gasteiger partial charge < -0.3 is 5.32 Å². The van der Waals surface area contributed by atoms with Crippen LogP contribution in [0.3, 0.4) is 0 Å². The van der Waals surface area contributed by atoms with Crippen molar-refractivity contribution in [1.82, 2.24) is 14.5 Å². The third-order valence-electron chi connectivity index (χ3n) is 2.85. The lowest BCUT2D eigenvalue weighted by atomic mass is 10.2. The lowest BCUT2D eigenvalue weighted by Crippen LogP contribution is -2.24. The summed E-state index contributed by atoms with van der Waals surface area (Å²) in [5, 5.41) is 8.43. The Morgan fingerprint density at radius 2 is 2.00 bits per heavy atom. The molecule has 0 bridgehead atoms. The number of aromatic nitrogens is 2. The van der Waals surface area contributed by atoms with Crippen molar-refractivity contribution in [2.24, 2.45) is 0 Å². The molecule has 0 saturated carbocycles. The third-order valence-corrected chi connectivity index (χ3v) is 3.64. The topological polar surface area (TPSA) is 41.1 Å². The number of nitrogens with zero attached hydrogens (tertiary/aromatic N) is 3. The van der Waals surface area contributed by atoms with E-state index in [9.17, 15) is 0 Å². The lowest BCUT2D eigenvalue weighted by molar-refractivity contribution is 0.274. The highest BCUT2D eigenvalue weighted by molar-refractivity contribution is 7.10. The van der Waals surface area contributed by atoms with Crippen LogP contribution in [0.5, 0.6) is 0 Å². The van der Waals surface area contributed by atoms with Gasteiger partial charge >= 0.3 is 0 Å². The van der Waals surface area contributed by atoms with Gasteiger partial charge in [-0.1, -0.05) is 17.3 Å². The van der Waals surface area contributed by atoms with Crippen molar-refractivity contribution < 1.29 is 0 Å². The monoisotopic (exact) mass is 226 g/mol. The molecule has 1 fully saturated rings. The Bertz CT molecular complexity index is 291. The first-order valence-electron chi connectivity index (χ1n) is 5.61. The van der Waals surface area contributed by atoms with Crippen LogP contribution < -0.4 is 5.32 Å². The van der Waals surface area contributed by atoms with E-state index >= 15 is 0 Å². The standard InChI is InChI=1S/C10H18N4S/c1-11-10-9(12-13-15-10)8-14-6-4-2-3-5-7-14/h11H,2-8H2,1H3. The number of hydrogen-bond acceptors (Lipinski definition) is 5. The fourth-order valence-electron chi connectivity index (χ4n) is 2.01. The van der Waals surface area contributed by atoms with Gasteiger partial charge in [0.25, 0.3) is 0 Å². The highest BCUT2D eigenvalue weighted by Crippen LogP contribution is 2.20. The van der Waals surface area contributed by atoms with Crippen molar-refractivity contribution in [1.29, 1.82) is 0 Å². The smallest absolute Gasteiger partial charge is 0.134 e. The highest BCUT2D eigenvalue weighted by atomic mass is 32.1. The Hall–Kier alpha value is -0.680. The molecule has 0 spiro atoms. The van der Waals surface area contributed by atoms with E-state index in [0.717, 1.165) is 17.2 Å². The fourth-order valence-corrected chi connectivity index (χ4v) is 2.53. The van der Waals surface area contributed by atoms with Crippen molar-refractivity contribution in [3.8, 4) is 0 Å². The summed E-state index contributed by atoms with van der Waals surface area (Å²) >= 11 is 1.44. The van der Waals surface area contributed by atoms with Crippen molar-refractivity contribution >= 4 is 16.5 Å². The molecular formula is C10H18N4S. The van der Waals surface area contributed by atoms with Crippen LogP contribution in [0.4, 0.5) is 5.00 Å². The first-order chi connectivity index (χ1) is 7.40. The second-order valence-electron chi connectivity index (χ2n) is 3.99. The van der Waals surface area contributed by atoms with Crippen LogP contribution in [0.2, 0.25) is 0 Å². The van der Waals surface area contributed by atoms with Crippen LogP contribution in [-0.4, -0.2) is 34.6 Å². The second-order valence-corrected chi connectivity index (χ2v) is 4.74. The minimum atomic E-state index is 0.951. The minimum absolute atomic E-state index is 0.951. The molecule has 1 aromatic heterocycles. The lowest BCUT2D eigenvalue weighted by Gasteiger charge is -2.18. The molecule has 0 aromatic carbocycles. The predicted octanol–water partition coefficient (Wildman–Crippen LogP) is 1.96. The molecule has 84 valence electrons. The number of likely N-dealkylation sites (tertiary alicyclic amines) is 1. The molecule has 1 aliphatic heterocycles. The van der Waals surface area contributed by atoms with E-state index in [1.54, 1.807) is 0 Å². The van der Waals surface area contributed by atoms with Crippen LogP contribution >= 0.6 is 11.5 Å². The summed E-state index contributed by atoms with van der Waals surface area (Å²) in [5.41, 5.74) is 1.10. The molecule has 4 nitrogen and oxygen atoms in total. The summed E-state index contributed by atoms with van der Waals surface area (Å²) in [7, 11) is 1.93. The molecule has 2 heterocycles. The molecule has 0 unspecified atom stereocenters. The molecule has 1 N–H and O–H groups in total. The Morgan fingerprint density at radius 1 is 1.27 bits per heavy atom. The molecular weight excluding hydrogens is 208 g/mol. The Morgan fingerprint density at radius 3 is 2.67 bits per heavy atom. The maximum atomic E-state index is 4.18. The average molecular weight is 226 g/mol. The molecule has 1 saturated heterocycles. The fraction of sp³-hybridized carbons (Fsp3) is 0.800. The Labute approximate surface area is 94.8 Å². The van der Waals surface area contributed by atoms with Gasteiger partial charge in [0.15, 0.2) is 0 Å². The van der Waals surface area contributed by atoms with E-state index in [-0.39, 0.29) is 0 Å². The Balaban J connectivity index is 1.94. The molecule has 1 aliphatic rings. The summed E-state index contributed by atoms with van der Waals surface area (Å²) in [6.45, 7) is 3.37. The summed E-state index contributed by atoms with van der Waals surface area (Å²) in [5.74, 6) is 0. The number of hydrogen-bond donors (Lipinski definition) is 1. The normalized spacial score (nSPS) is 18.7. The van der Waals surface area contributed by atoms with Gasteiger partial charge in [-0.2, -0.15) is 0 Å². The highest BCUT2D eigenvalue weighted by Gasteiger charge is 2.13. The summed E-state index contributed by atoms with van der Waals surface area (Å²) in [6, 6.07) is 0. The van der Waals surface area contributed by atoms with Gasteiger partial charge in [-0.3, -0.25) is 4.90 Å². The Kier molecular flexibility index (Phi) is 3.91. The third kappa shape index (κ3) is 2.89. The first kappa shape index (κ1) is 10.8. The summed E-state index contributed by atoms with van der Waals surface area (Å²) < 4.78 is 3.98. The first-order valence-corrected chi connectivity index (χ1v) is 6.39. The van der Waals surface area contributed by atoms with E-state index in [4.69, 9.17) is 0 Å². The molecule has 2 rings (SSSR count). The largest absolute Gasteiger partial charge is 0.377 e. The van der Waals surface area contributed by atoms with Gasteiger partial charge in [0.05, 0.1) is 0 Å². The van der Waals surface area contributed by atoms with Crippen LogP contribution in [0.25, 0.3) is 0 Å². The van der Waals surface area contributed by atoms with Crippen molar-refractivity contribution in [3.63, 3.8) is 0 Å². The van der Waals surface area contributed by atoms with E-state index in [2.05, 4.69) is 19.8 Å². The summed E-state index contributed by atoms with van der Waals surface area (Å²) in [4.78, 5) is 2.49. The molecule has 0 atom stereocenters. The average Bonchev–Trinajstić information content (AvgIpc) is 2.53. The minimum Gasteiger partial charge on any atom is -0.377 e. The van der Waals surface area contributed by atoms with E-state index in [0.29, 0.717) is 0 Å². The number of anilines is 1. The van der Waals surface area contributed by atoms with Gasteiger partial charge in [0.1, 0.15) is 10.7 Å². The SMILES string of the molecule is CNc1snnc1CN1CCCCCC1. The maximum Gasteiger partial charge on any atom is 0.134 e. The number of nitrogens with one attached hydrogen (secondary N) is 1. The zero-order valence-corrected chi connectivity index (χ0v) is 10.0. The van der Waals surface area contributed by atoms with Crippen molar-refractivity contribution in [2.75, 3.05) is 25.5 Å². The molecule has 0 radical (unpaired) electrons. The van der Waals surface area contributed by atoms with Crippen molar-refractivity contribution in [2.45, 2.75) is 32.2 Å². The van der Waals surface area contributed by atoms with E-state index in [1.807, 2.05) is 7.05 Å². The molecule has 0 aliphatic carbocycles. The zero-order chi connectivity index (χ0) is 10.5. The van der Waals surface area contributed by atoms with Crippen molar-refractivity contribution in [3.05, 3.63) is 5.69 Å². The van der Waals surface area contributed by atoms with Gasteiger partial charge in [-0.25, -0.2) is 0 Å². The van der Waals surface area contributed by atoms with Gasteiger partial charge in [-0.15, -0.1) is 5.10 Å². The predicted molar refractivity (Wildman–Crippen MR) is 63.2 cm³/mol. The number of rotatable bonds is 3. The van der Waals surface area contributed by atoms with E-state index < -0.39 is 0 Å². The van der Waals surface area contributed by atoms with Crippen LogP contribution in [0, 0.1) is 0 Å². The quantitative estimate of drug-likeness (QED) is 0.855. The van der Waals surface area contributed by atoms with Gasteiger partial charge in [0.2, 0.25) is 0 Å². The molecule has 5 heteroatoms. The zero-order valence-electron chi connectivity index (χ0n) is 9.20. The van der Waals surface area contributed by atoms with Gasteiger partial charge in [0, 0.05) is 25.1 Å². The van der Waals surface area contributed by atoms with Gasteiger partial charge in [-0.05, 0) is 25.9 Å². The van der Waals surface area contributed by atoms with Crippen LogP contribution in [0.1, 0.15) is 31.4 Å². The molecule has 15 heavy (non-hydrogen) atoms. The second kappa shape index (κ2) is 5.42. The van der Waals surface area contributed by atoms with Crippen LogP contribution in [0.15, 0.2) is 0 Å². The van der Waals surface area contributed by atoms with E-state index in [1.165, 1.54) is 50.3 Å². The molecule has 1 aromatic rings.